The van der Waals surface area contributed by atoms with Gasteiger partial charge in [0.15, 0.2) is 0 Å². The highest BCUT2D eigenvalue weighted by Gasteiger charge is 2.20. The molecule has 0 aliphatic rings. The van der Waals surface area contributed by atoms with Gasteiger partial charge in [-0.15, -0.1) is 11.3 Å². The van der Waals surface area contributed by atoms with Crippen LogP contribution in [-0.2, 0) is 17.8 Å². The Hall–Kier alpha value is -3.23. The molecule has 0 atom stereocenters. The zero-order valence-corrected chi connectivity index (χ0v) is 16.6. The second kappa shape index (κ2) is 9.31. The van der Waals surface area contributed by atoms with Crippen molar-refractivity contribution in [3.05, 3.63) is 91.1 Å². The number of carbonyl (C=O) groups is 2. The van der Waals surface area contributed by atoms with E-state index in [2.05, 4.69) is 10.6 Å². The van der Waals surface area contributed by atoms with Crippen LogP contribution in [0.4, 0.5) is 11.4 Å². The number of hydrogen-bond acceptors (Lipinski definition) is 5. The maximum Gasteiger partial charge on any atom is 0.282 e. The Balaban J connectivity index is 1.60. The third-order valence-electron chi connectivity index (χ3n) is 4.02. The molecule has 0 bridgehead atoms. The van der Waals surface area contributed by atoms with Crippen molar-refractivity contribution in [1.82, 2.24) is 5.32 Å². The zero-order valence-electron chi connectivity index (χ0n) is 15.1. The van der Waals surface area contributed by atoms with Gasteiger partial charge in [-0.1, -0.05) is 29.8 Å². The van der Waals surface area contributed by atoms with Crippen LogP contribution in [-0.4, -0.2) is 16.7 Å². The van der Waals surface area contributed by atoms with E-state index in [1.165, 1.54) is 18.2 Å². The molecule has 0 unspecified atom stereocenters. The minimum absolute atomic E-state index is 0.107. The van der Waals surface area contributed by atoms with Crippen molar-refractivity contribution in [2.45, 2.75) is 13.0 Å². The number of halogens is 1. The number of carbonyl (C=O) groups excluding carboxylic acids is 2. The van der Waals surface area contributed by atoms with E-state index in [0.29, 0.717) is 12.2 Å². The number of amides is 2. The summed E-state index contributed by atoms with van der Waals surface area (Å²) in [6.45, 7) is 0.489. The fourth-order valence-corrected chi connectivity index (χ4v) is 3.42. The second-order valence-corrected chi connectivity index (χ2v) is 7.57. The van der Waals surface area contributed by atoms with Crippen LogP contribution in [0.3, 0.4) is 0 Å². The van der Waals surface area contributed by atoms with Crippen LogP contribution < -0.4 is 10.6 Å². The minimum atomic E-state index is -0.638. The Morgan fingerprint density at radius 3 is 2.52 bits per heavy atom. The van der Waals surface area contributed by atoms with Gasteiger partial charge in [0.1, 0.15) is 5.56 Å². The van der Waals surface area contributed by atoms with Gasteiger partial charge >= 0.3 is 0 Å². The number of hydrogen-bond donors (Lipinski definition) is 2. The number of nitrogens with zero attached hydrogens (tertiary/aromatic N) is 1. The van der Waals surface area contributed by atoms with Crippen LogP contribution in [0.1, 0.15) is 20.8 Å². The average Bonchev–Trinajstić information content (AvgIpc) is 3.21. The van der Waals surface area contributed by atoms with Gasteiger partial charge in [-0.3, -0.25) is 19.7 Å². The van der Waals surface area contributed by atoms with Gasteiger partial charge in [0.2, 0.25) is 5.91 Å². The Morgan fingerprint density at radius 2 is 1.86 bits per heavy atom. The quantitative estimate of drug-likeness (QED) is 0.428. The predicted octanol–water partition coefficient (Wildman–Crippen LogP) is 4.42. The molecule has 1 heterocycles. The van der Waals surface area contributed by atoms with E-state index in [-0.39, 0.29) is 28.6 Å². The Kier molecular flexibility index (Phi) is 6.58. The molecule has 9 heteroatoms. The minimum Gasteiger partial charge on any atom is -0.351 e. The molecule has 3 aromatic rings. The Bertz CT molecular complexity index is 1040. The molecular weight excluding hydrogens is 414 g/mol. The highest BCUT2D eigenvalue weighted by atomic mass is 35.5. The lowest BCUT2D eigenvalue weighted by molar-refractivity contribution is -0.385. The molecular formula is C20H16ClN3O4S. The van der Waals surface area contributed by atoms with Crippen molar-refractivity contribution < 1.29 is 14.5 Å². The molecule has 2 amide bonds. The number of rotatable bonds is 7. The molecule has 0 saturated carbocycles. The third-order valence-corrected chi connectivity index (χ3v) is 5.13. The van der Waals surface area contributed by atoms with Crippen molar-refractivity contribution in [1.29, 1.82) is 0 Å². The van der Waals surface area contributed by atoms with E-state index in [1.54, 1.807) is 35.6 Å². The van der Waals surface area contributed by atoms with Crippen molar-refractivity contribution in [3.63, 3.8) is 0 Å². The van der Waals surface area contributed by atoms with Gasteiger partial charge in [0, 0.05) is 21.7 Å². The summed E-state index contributed by atoms with van der Waals surface area (Å²) in [5, 5.41) is 18.7. The number of anilines is 1. The van der Waals surface area contributed by atoms with Crippen molar-refractivity contribution in [2.75, 3.05) is 5.32 Å². The average molecular weight is 430 g/mol. The molecule has 3 rings (SSSR count). The molecule has 2 N–H and O–H groups in total. The molecule has 0 saturated heterocycles. The highest BCUT2D eigenvalue weighted by Crippen LogP contribution is 2.24. The summed E-state index contributed by atoms with van der Waals surface area (Å²) in [5.41, 5.74) is 0.776. The zero-order chi connectivity index (χ0) is 20.8. The predicted molar refractivity (Wildman–Crippen MR) is 112 cm³/mol. The fourth-order valence-electron chi connectivity index (χ4n) is 2.60. The fraction of sp³-hybridized carbons (Fsp3) is 0.100. The third kappa shape index (κ3) is 5.63. The Morgan fingerprint density at radius 1 is 1.10 bits per heavy atom. The molecule has 1 aromatic heterocycles. The number of nitrogens with one attached hydrogen (secondary N) is 2. The van der Waals surface area contributed by atoms with E-state index in [4.69, 9.17) is 11.6 Å². The molecule has 0 fully saturated rings. The van der Waals surface area contributed by atoms with Gasteiger partial charge in [0.25, 0.3) is 11.6 Å². The number of nitro groups is 1. The first-order valence-electron chi connectivity index (χ1n) is 8.55. The first-order chi connectivity index (χ1) is 13.9. The number of nitro benzene ring substituents is 1. The Labute approximate surface area is 175 Å². The molecule has 0 spiro atoms. The van der Waals surface area contributed by atoms with Crippen LogP contribution in [0.2, 0.25) is 5.02 Å². The summed E-state index contributed by atoms with van der Waals surface area (Å²) in [6.07, 6.45) is 0.208. The topological polar surface area (TPSA) is 101 Å². The maximum atomic E-state index is 12.4. The summed E-state index contributed by atoms with van der Waals surface area (Å²) in [6, 6.07) is 14.4. The highest BCUT2D eigenvalue weighted by molar-refractivity contribution is 7.09. The van der Waals surface area contributed by atoms with E-state index >= 15 is 0 Å². The van der Waals surface area contributed by atoms with Gasteiger partial charge in [-0.05, 0) is 41.3 Å². The van der Waals surface area contributed by atoms with Gasteiger partial charge < -0.3 is 10.6 Å². The summed E-state index contributed by atoms with van der Waals surface area (Å²) < 4.78 is 0. The van der Waals surface area contributed by atoms with Crippen LogP contribution in [0.25, 0.3) is 0 Å². The summed E-state index contributed by atoms with van der Waals surface area (Å²) >= 11 is 7.43. The van der Waals surface area contributed by atoms with E-state index in [1.807, 2.05) is 17.5 Å². The molecule has 0 radical (unpaired) electrons. The molecule has 29 heavy (non-hydrogen) atoms. The van der Waals surface area contributed by atoms with Gasteiger partial charge in [0.05, 0.1) is 17.9 Å². The summed E-state index contributed by atoms with van der Waals surface area (Å²) in [5.74, 6) is -0.745. The number of benzene rings is 2. The molecule has 2 aromatic carbocycles. The van der Waals surface area contributed by atoms with Crippen molar-refractivity contribution in [2.24, 2.45) is 0 Å². The van der Waals surface area contributed by atoms with Crippen molar-refractivity contribution >= 4 is 46.1 Å². The second-order valence-electron chi connectivity index (χ2n) is 6.10. The lowest BCUT2D eigenvalue weighted by atomic mass is 10.1. The normalized spacial score (nSPS) is 10.4. The van der Waals surface area contributed by atoms with E-state index in [0.717, 1.165) is 10.4 Å². The standard InChI is InChI=1S/C20H16ClN3O4S/c21-14-5-8-18(24(27)28)17(11-14)20(26)23-15-6-3-13(4-7-15)10-19(25)22-12-16-2-1-9-29-16/h1-9,11H,10,12H2,(H,22,25)(H,23,26). The smallest absolute Gasteiger partial charge is 0.282 e. The first-order valence-corrected chi connectivity index (χ1v) is 9.81. The molecule has 0 aliphatic carbocycles. The van der Waals surface area contributed by atoms with Crippen molar-refractivity contribution in [3.8, 4) is 0 Å². The lowest BCUT2D eigenvalue weighted by Crippen LogP contribution is -2.24. The van der Waals surface area contributed by atoms with Crippen LogP contribution in [0.5, 0.6) is 0 Å². The summed E-state index contributed by atoms with van der Waals surface area (Å²) in [4.78, 5) is 36.0. The molecule has 0 aliphatic heterocycles. The van der Waals surface area contributed by atoms with Crippen LogP contribution in [0, 0.1) is 10.1 Å². The lowest BCUT2D eigenvalue weighted by Gasteiger charge is -2.08. The summed E-state index contributed by atoms with van der Waals surface area (Å²) in [7, 11) is 0. The largest absolute Gasteiger partial charge is 0.351 e. The molecule has 7 nitrogen and oxygen atoms in total. The number of thiophene rings is 1. The van der Waals surface area contributed by atoms with Crippen LogP contribution in [0.15, 0.2) is 60.0 Å². The first kappa shape index (κ1) is 20.5. The molecule has 148 valence electrons. The van der Waals surface area contributed by atoms with Gasteiger partial charge in [-0.2, -0.15) is 0 Å². The van der Waals surface area contributed by atoms with Gasteiger partial charge in [-0.25, -0.2) is 0 Å². The maximum absolute atomic E-state index is 12.4. The van der Waals surface area contributed by atoms with E-state index in [9.17, 15) is 19.7 Å². The monoisotopic (exact) mass is 429 g/mol. The van der Waals surface area contributed by atoms with Crippen LogP contribution >= 0.6 is 22.9 Å². The SMILES string of the molecule is O=C(Cc1ccc(NC(=O)c2cc(Cl)ccc2[N+](=O)[O-])cc1)NCc1cccs1. The van der Waals surface area contributed by atoms with E-state index < -0.39 is 10.8 Å².